The molecule has 0 N–H and O–H groups in total. The molecule has 0 amide bonds. The fourth-order valence-corrected chi connectivity index (χ4v) is 3.09. The summed E-state index contributed by atoms with van der Waals surface area (Å²) in [5.41, 5.74) is 3.38. The zero-order valence-corrected chi connectivity index (χ0v) is 11.4. The molecule has 1 nitrogen and oxygen atoms in total. The Morgan fingerprint density at radius 1 is 1.18 bits per heavy atom. The minimum atomic E-state index is 0.748. The van der Waals surface area contributed by atoms with Crippen molar-refractivity contribution in [2.75, 3.05) is 6.61 Å². The zero-order valence-electron chi connectivity index (χ0n) is 9.04. The predicted octanol–water partition coefficient (Wildman–Crippen LogP) is 4.70. The lowest BCUT2D eigenvalue weighted by atomic mass is 10.0. The summed E-state index contributed by atoms with van der Waals surface area (Å²) < 4.78 is 6.58. The normalized spacial score (nSPS) is 13.3. The topological polar surface area (TPSA) is 9.23 Å². The van der Waals surface area contributed by atoms with Crippen LogP contribution in [0.4, 0.5) is 0 Å². The fourth-order valence-electron chi connectivity index (χ4n) is 2.10. The first kappa shape index (κ1) is 11.1. The fraction of sp³-hybridized carbons (Fsp3) is 0.143. The SMILES string of the molecule is Clc1cccc(Br)c1-c1ccc2c(c1)OCC2. The smallest absolute Gasteiger partial charge is 0.123 e. The number of hydrogen-bond donors (Lipinski definition) is 0. The lowest BCUT2D eigenvalue weighted by Crippen LogP contribution is -1.86. The first-order valence-electron chi connectivity index (χ1n) is 5.46. The van der Waals surface area contributed by atoms with Crippen LogP contribution in [-0.2, 0) is 6.42 Å². The molecule has 0 bridgehead atoms. The molecule has 1 heterocycles. The van der Waals surface area contributed by atoms with Crippen molar-refractivity contribution >= 4 is 27.5 Å². The zero-order chi connectivity index (χ0) is 11.8. The predicted molar refractivity (Wildman–Crippen MR) is 73.8 cm³/mol. The Hall–Kier alpha value is -0.990. The van der Waals surface area contributed by atoms with Gasteiger partial charge in [-0.05, 0) is 29.3 Å². The Bertz CT molecular complexity index is 560. The van der Waals surface area contributed by atoms with Gasteiger partial charge in [-0.15, -0.1) is 0 Å². The van der Waals surface area contributed by atoms with E-state index in [0.29, 0.717) is 0 Å². The highest BCUT2D eigenvalue weighted by Crippen LogP contribution is 2.38. The second-order valence-electron chi connectivity index (χ2n) is 4.02. The lowest BCUT2D eigenvalue weighted by molar-refractivity contribution is 0.357. The number of benzene rings is 2. The highest BCUT2D eigenvalue weighted by atomic mass is 79.9. The van der Waals surface area contributed by atoms with E-state index in [4.69, 9.17) is 16.3 Å². The molecule has 0 aliphatic carbocycles. The molecule has 17 heavy (non-hydrogen) atoms. The summed E-state index contributed by atoms with van der Waals surface area (Å²) in [6.07, 6.45) is 0.999. The molecule has 86 valence electrons. The Morgan fingerprint density at radius 2 is 2.06 bits per heavy atom. The van der Waals surface area contributed by atoms with Crippen LogP contribution < -0.4 is 4.74 Å². The van der Waals surface area contributed by atoms with Crippen molar-refractivity contribution in [2.24, 2.45) is 0 Å². The lowest BCUT2D eigenvalue weighted by Gasteiger charge is -2.08. The van der Waals surface area contributed by atoms with Crippen LogP contribution in [0.5, 0.6) is 5.75 Å². The second-order valence-corrected chi connectivity index (χ2v) is 5.28. The number of fused-ring (bicyclic) bond motifs is 1. The number of hydrogen-bond acceptors (Lipinski definition) is 1. The largest absolute Gasteiger partial charge is 0.493 e. The van der Waals surface area contributed by atoms with Crippen molar-refractivity contribution in [1.29, 1.82) is 0 Å². The van der Waals surface area contributed by atoms with E-state index in [1.165, 1.54) is 5.56 Å². The average Bonchev–Trinajstić information content (AvgIpc) is 2.76. The molecule has 0 fully saturated rings. The summed E-state index contributed by atoms with van der Waals surface area (Å²) in [6.45, 7) is 0.780. The van der Waals surface area contributed by atoms with E-state index in [1.54, 1.807) is 0 Å². The number of rotatable bonds is 1. The first-order valence-corrected chi connectivity index (χ1v) is 6.63. The van der Waals surface area contributed by atoms with Gasteiger partial charge in [0, 0.05) is 21.5 Å². The third-order valence-corrected chi connectivity index (χ3v) is 3.92. The molecule has 2 aromatic carbocycles. The molecular formula is C14H10BrClO. The summed E-state index contributed by atoms with van der Waals surface area (Å²) in [7, 11) is 0. The van der Waals surface area contributed by atoms with Gasteiger partial charge < -0.3 is 4.74 Å². The molecule has 3 heteroatoms. The van der Waals surface area contributed by atoms with Gasteiger partial charge in [-0.1, -0.05) is 45.7 Å². The summed E-state index contributed by atoms with van der Waals surface area (Å²) in [6, 6.07) is 12.1. The van der Waals surface area contributed by atoms with Crippen molar-refractivity contribution in [3.63, 3.8) is 0 Å². The molecule has 0 aromatic heterocycles. The Kier molecular flexibility index (Phi) is 2.85. The van der Waals surface area contributed by atoms with Crippen LogP contribution in [0.15, 0.2) is 40.9 Å². The van der Waals surface area contributed by atoms with Gasteiger partial charge in [-0.25, -0.2) is 0 Å². The molecule has 0 unspecified atom stereocenters. The van der Waals surface area contributed by atoms with Gasteiger partial charge in [0.05, 0.1) is 6.61 Å². The van der Waals surface area contributed by atoms with Crippen LogP contribution in [0.25, 0.3) is 11.1 Å². The maximum absolute atomic E-state index is 6.24. The standard InChI is InChI=1S/C14H10BrClO/c15-11-2-1-3-12(16)14(11)10-5-4-9-6-7-17-13(9)8-10/h1-5,8H,6-7H2. The van der Waals surface area contributed by atoms with Gasteiger partial charge in [-0.2, -0.15) is 0 Å². The van der Waals surface area contributed by atoms with Crippen LogP contribution in [0.3, 0.4) is 0 Å². The number of halogens is 2. The monoisotopic (exact) mass is 308 g/mol. The van der Waals surface area contributed by atoms with Crippen LogP contribution in [0.1, 0.15) is 5.56 Å². The van der Waals surface area contributed by atoms with Crippen LogP contribution >= 0.6 is 27.5 Å². The van der Waals surface area contributed by atoms with Gasteiger partial charge in [0.15, 0.2) is 0 Å². The highest BCUT2D eigenvalue weighted by Gasteiger charge is 2.15. The molecule has 1 aliphatic rings. The van der Waals surface area contributed by atoms with E-state index in [2.05, 4.69) is 34.1 Å². The quantitative estimate of drug-likeness (QED) is 0.741. The second kappa shape index (κ2) is 4.35. The molecule has 1 aliphatic heterocycles. The summed E-state index contributed by atoms with van der Waals surface area (Å²) >= 11 is 9.78. The van der Waals surface area contributed by atoms with Gasteiger partial charge in [-0.3, -0.25) is 0 Å². The Balaban J connectivity index is 2.16. The van der Waals surface area contributed by atoms with Crippen LogP contribution in [0.2, 0.25) is 5.02 Å². The summed E-state index contributed by atoms with van der Waals surface area (Å²) in [5, 5.41) is 0.748. The summed E-state index contributed by atoms with van der Waals surface area (Å²) in [5.74, 6) is 0.981. The third kappa shape index (κ3) is 1.96. The van der Waals surface area contributed by atoms with E-state index in [0.717, 1.165) is 39.4 Å². The van der Waals surface area contributed by atoms with Crippen LogP contribution in [-0.4, -0.2) is 6.61 Å². The Labute approximate surface area is 113 Å². The van der Waals surface area contributed by atoms with Crippen molar-refractivity contribution in [3.05, 3.63) is 51.5 Å². The van der Waals surface area contributed by atoms with Crippen molar-refractivity contribution in [1.82, 2.24) is 0 Å². The van der Waals surface area contributed by atoms with E-state index >= 15 is 0 Å². The molecule has 2 aromatic rings. The first-order chi connectivity index (χ1) is 8.25. The van der Waals surface area contributed by atoms with Gasteiger partial charge in [0.25, 0.3) is 0 Å². The third-order valence-electron chi connectivity index (χ3n) is 2.95. The molecule has 0 saturated carbocycles. The average molecular weight is 310 g/mol. The minimum Gasteiger partial charge on any atom is -0.493 e. The molecule has 0 saturated heterocycles. The number of ether oxygens (including phenoxy) is 1. The van der Waals surface area contributed by atoms with Crippen molar-refractivity contribution in [3.8, 4) is 16.9 Å². The van der Waals surface area contributed by atoms with Gasteiger partial charge in [0.2, 0.25) is 0 Å². The van der Waals surface area contributed by atoms with E-state index in [1.807, 2.05) is 18.2 Å². The van der Waals surface area contributed by atoms with Gasteiger partial charge in [0.1, 0.15) is 5.75 Å². The summed E-state index contributed by atoms with van der Waals surface area (Å²) in [4.78, 5) is 0. The van der Waals surface area contributed by atoms with E-state index in [9.17, 15) is 0 Å². The Morgan fingerprint density at radius 3 is 2.88 bits per heavy atom. The van der Waals surface area contributed by atoms with E-state index < -0.39 is 0 Å². The molecule has 0 atom stereocenters. The van der Waals surface area contributed by atoms with E-state index in [-0.39, 0.29) is 0 Å². The molecule has 0 radical (unpaired) electrons. The maximum Gasteiger partial charge on any atom is 0.123 e. The maximum atomic E-state index is 6.24. The molecule has 3 rings (SSSR count). The van der Waals surface area contributed by atoms with Gasteiger partial charge >= 0.3 is 0 Å². The van der Waals surface area contributed by atoms with Crippen molar-refractivity contribution in [2.45, 2.75) is 6.42 Å². The minimum absolute atomic E-state index is 0.748. The highest BCUT2D eigenvalue weighted by molar-refractivity contribution is 9.10. The molecular weight excluding hydrogens is 300 g/mol. The van der Waals surface area contributed by atoms with Crippen molar-refractivity contribution < 1.29 is 4.74 Å². The van der Waals surface area contributed by atoms with Crippen LogP contribution in [0, 0.1) is 0 Å². The molecule has 0 spiro atoms.